The predicted molar refractivity (Wildman–Crippen MR) is 72.2 cm³/mol. The minimum atomic E-state index is -0.0586. The van der Waals surface area contributed by atoms with Crippen molar-refractivity contribution >= 4 is 11.8 Å². The molecular weight excluding hydrogens is 248 g/mol. The molecule has 2 aliphatic heterocycles. The highest BCUT2D eigenvalue weighted by atomic mass is 32.2. The Morgan fingerprint density at radius 1 is 1.56 bits per heavy atom. The van der Waals surface area contributed by atoms with E-state index in [9.17, 15) is 0 Å². The van der Waals surface area contributed by atoms with Gasteiger partial charge in [-0.3, -0.25) is 4.98 Å². The summed E-state index contributed by atoms with van der Waals surface area (Å²) < 4.78 is 11.4. The molecule has 2 aliphatic rings. The fourth-order valence-corrected chi connectivity index (χ4v) is 4.13. The van der Waals surface area contributed by atoms with E-state index >= 15 is 0 Å². The molecule has 2 atom stereocenters. The van der Waals surface area contributed by atoms with Gasteiger partial charge in [-0.2, -0.15) is 11.8 Å². The topological polar surface area (TPSA) is 43.4 Å². The molecule has 0 radical (unpaired) electrons. The van der Waals surface area contributed by atoms with Crippen molar-refractivity contribution in [2.75, 3.05) is 31.8 Å². The molecular formula is C13H18N2O2S. The van der Waals surface area contributed by atoms with Gasteiger partial charge < -0.3 is 14.8 Å². The Labute approximate surface area is 111 Å². The van der Waals surface area contributed by atoms with E-state index in [1.807, 2.05) is 18.0 Å². The van der Waals surface area contributed by atoms with E-state index in [1.165, 1.54) is 5.75 Å². The molecule has 0 bridgehead atoms. The molecule has 4 nitrogen and oxygen atoms in total. The van der Waals surface area contributed by atoms with E-state index in [2.05, 4.69) is 16.4 Å². The van der Waals surface area contributed by atoms with Crippen molar-refractivity contribution in [3.63, 3.8) is 0 Å². The number of thioether (sulfide) groups is 1. The Morgan fingerprint density at radius 2 is 2.50 bits per heavy atom. The number of aromatic nitrogens is 1. The monoisotopic (exact) mass is 266 g/mol. The van der Waals surface area contributed by atoms with E-state index < -0.39 is 0 Å². The van der Waals surface area contributed by atoms with Gasteiger partial charge in [0, 0.05) is 18.5 Å². The van der Waals surface area contributed by atoms with E-state index in [-0.39, 0.29) is 11.6 Å². The van der Waals surface area contributed by atoms with Crippen molar-refractivity contribution in [1.29, 1.82) is 0 Å². The lowest BCUT2D eigenvalue weighted by Crippen LogP contribution is -2.52. The first kappa shape index (κ1) is 12.3. The van der Waals surface area contributed by atoms with Crippen molar-refractivity contribution < 1.29 is 9.47 Å². The fourth-order valence-electron chi connectivity index (χ4n) is 2.76. The van der Waals surface area contributed by atoms with Gasteiger partial charge in [0.15, 0.2) is 0 Å². The fraction of sp³-hybridized carbons (Fsp3) is 0.615. The third-order valence-electron chi connectivity index (χ3n) is 3.69. The summed E-state index contributed by atoms with van der Waals surface area (Å²) in [5, 5.41) is 3.59. The highest BCUT2D eigenvalue weighted by Crippen LogP contribution is 2.42. The molecule has 18 heavy (non-hydrogen) atoms. The van der Waals surface area contributed by atoms with Crippen LogP contribution in [-0.4, -0.2) is 42.4 Å². The zero-order chi connectivity index (χ0) is 12.4. The van der Waals surface area contributed by atoms with Crippen LogP contribution in [0.5, 0.6) is 5.75 Å². The summed E-state index contributed by atoms with van der Waals surface area (Å²) in [5.74, 6) is 3.04. The molecule has 2 unspecified atom stereocenters. The molecule has 3 rings (SSSR count). The number of pyridine rings is 1. The highest BCUT2D eigenvalue weighted by Gasteiger charge is 2.45. The van der Waals surface area contributed by atoms with Crippen LogP contribution in [-0.2, 0) is 4.74 Å². The minimum absolute atomic E-state index is 0.0586. The van der Waals surface area contributed by atoms with Gasteiger partial charge in [0.1, 0.15) is 5.75 Å². The summed E-state index contributed by atoms with van der Waals surface area (Å²) >= 11 is 1.97. The number of rotatable bonds is 2. The molecule has 0 amide bonds. The van der Waals surface area contributed by atoms with Crippen LogP contribution in [0.4, 0.5) is 0 Å². The number of hydrogen-bond acceptors (Lipinski definition) is 5. The van der Waals surface area contributed by atoms with Crippen molar-refractivity contribution in [3.05, 3.63) is 24.0 Å². The number of ether oxygens (including phenoxy) is 2. The van der Waals surface area contributed by atoms with Crippen molar-refractivity contribution in [2.45, 2.75) is 18.1 Å². The van der Waals surface area contributed by atoms with Gasteiger partial charge in [0.05, 0.1) is 31.6 Å². The van der Waals surface area contributed by atoms with Crippen LogP contribution in [0.15, 0.2) is 18.5 Å². The van der Waals surface area contributed by atoms with Gasteiger partial charge in [-0.15, -0.1) is 0 Å². The molecule has 5 heteroatoms. The van der Waals surface area contributed by atoms with Gasteiger partial charge in [0.2, 0.25) is 0 Å². The molecule has 3 heterocycles. The number of morpholine rings is 1. The first-order valence-electron chi connectivity index (χ1n) is 6.28. The van der Waals surface area contributed by atoms with Crippen molar-refractivity contribution in [2.24, 2.45) is 0 Å². The largest absolute Gasteiger partial charge is 0.495 e. The van der Waals surface area contributed by atoms with Crippen LogP contribution >= 0.6 is 11.8 Å². The van der Waals surface area contributed by atoms with Crippen LogP contribution in [0, 0.1) is 0 Å². The van der Waals surface area contributed by atoms with Gasteiger partial charge >= 0.3 is 0 Å². The molecule has 2 fully saturated rings. The molecule has 1 aromatic heterocycles. The average Bonchev–Trinajstić information content (AvgIpc) is 2.88. The molecule has 98 valence electrons. The van der Waals surface area contributed by atoms with Crippen molar-refractivity contribution in [3.8, 4) is 5.75 Å². The Hall–Kier alpha value is -0.780. The second kappa shape index (κ2) is 5.07. The second-order valence-corrected chi connectivity index (χ2v) is 5.87. The summed E-state index contributed by atoms with van der Waals surface area (Å²) in [6, 6.07) is 2.29. The molecule has 1 spiro atoms. The Kier molecular flexibility index (Phi) is 3.46. The third kappa shape index (κ3) is 2.11. The van der Waals surface area contributed by atoms with Gasteiger partial charge in [-0.1, -0.05) is 0 Å². The van der Waals surface area contributed by atoms with E-state index in [1.54, 1.807) is 13.3 Å². The second-order valence-electron chi connectivity index (χ2n) is 4.76. The Bertz CT molecular complexity index is 421. The normalized spacial score (nSPS) is 31.7. The maximum Gasteiger partial charge on any atom is 0.137 e. The maximum atomic E-state index is 6.12. The summed E-state index contributed by atoms with van der Waals surface area (Å²) in [7, 11) is 1.67. The number of nitrogens with one attached hydrogen (secondary N) is 1. The third-order valence-corrected chi connectivity index (χ3v) is 4.87. The molecule has 1 N–H and O–H groups in total. The van der Waals surface area contributed by atoms with Gasteiger partial charge in [-0.05, 0) is 23.8 Å². The molecule has 0 saturated carbocycles. The predicted octanol–water partition coefficient (Wildman–Crippen LogP) is 1.63. The number of methoxy groups -OCH3 is 1. The summed E-state index contributed by atoms with van der Waals surface area (Å²) in [5.41, 5.74) is 1.10. The highest BCUT2D eigenvalue weighted by molar-refractivity contribution is 7.99. The lowest BCUT2D eigenvalue weighted by Gasteiger charge is -2.41. The van der Waals surface area contributed by atoms with Gasteiger partial charge in [-0.25, -0.2) is 0 Å². The molecule has 1 aromatic rings. The standard InChI is InChI=1S/C13H18N2O2S/c1-16-11-6-10(7-14-8-11)12-13(2-5-18-9-13)17-4-3-15-12/h6-8,12,15H,2-5,9H2,1H3. The first-order chi connectivity index (χ1) is 8.84. The lowest BCUT2D eigenvalue weighted by atomic mass is 9.87. The minimum Gasteiger partial charge on any atom is -0.495 e. The maximum absolute atomic E-state index is 6.12. The van der Waals surface area contributed by atoms with Crippen LogP contribution < -0.4 is 10.1 Å². The zero-order valence-electron chi connectivity index (χ0n) is 10.5. The number of hydrogen-bond donors (Lipinski definition) is 1. The molecule has 0 aromatic carbocycles. The first-order valence-corrected chi connectivity index (χ1v) is 7.44. The molecule has 0 aliphatic carbocycles. The summed E-state index contributed by atoms with van der Waals surface area (Å²) in [6.07, 6.45) is 4.76. The quantitative estimate of drug-likeness (QED) is 0.881. The lowest BCUT2D eigenvalue weighted by molar-refractivity contribution is -0.0797. The van der Waals surface area contributed by atoms with Crippen LogP contribution in [0.1, 0.15) is 18.0 Å². The Morgan fingerprint density at radius 3 is 3.28 bits per heavy atom. The van der Waals surface area contributed by atoms with E-state index in [0.717, 1.165) is 36.6 Å². The smallest absolute Gasteiger partial charge is 0.137 e. The van der Waals surface area contributed by atoms with E-state index in [4.69, 9.17) is 9.47 Å². The van der Waals surface area contributed by atoms with E-state index in [0.29, 0.717) is 0 Å². The zero-order valence-corrected chi connectivity index (χ0v) is 11.3. The molecule has 2 saturated heterocycles. The van der Waals surface area contributed by atoms with Crippen molar-refractivity contribution in [1.82, 2.24) is 10.3 Å². The van der Waals surface area contributed by atoms with Crippen LogP contribution in [0.3, 0.4) is 0 Å². The summed E-state index contributed by atoms with van der Waals surface area (Å²) in [6.45, 7) is 1.70. The Balaban J connectivity index is 1.92. The van der Waals surface area contributed by atoms with Crippen LogP contribution in [0.25, 0.3) is 0 Å². The average molecular weight is 266 g/mol. The number of nitrogens with zero attached hydrogens (tertiary/aromatic N) is 1. The van der Waals surface area contributed by atoms with Gasteiger partial charge in [0.25, 0.3) is 0 Å². The van der Waals surface area contributed by atoms with Crippen LogP contribution in [0.2, 0.25) is 0 Å². The SMILES string of the molecule is COc1cncc(C2NCCOC23CCSC3)c1. The summed E-state index contributed by atoms with van der Waals surface area (Å²) in [4.78, 5) is 4.26.